The van der Waals surface area contributed by atoms with E-state index in [1.54, 1.807) is 0 Å². The highest BCUT2D eigenvalue weighted by Gasteiger charge is 2.26. The molecular weight excluding hydrogens is 400 g/mol. The number of carbonyl (C=O) groups excluding carboxylic acids is 1. The summed E-state index contributed by atoms with van der Waals surface area (Å²) >= 11 is 6.20. The van der Waals surface area contributed by atoms with Crippen molar-refractivity contribution in [2.75, 3.05) is 43.1 Å². The number of ether oxygens (including phenoxy) is 1. The standard InChI is InChI=1S/C23H25ClN4O2/c1-14-5-6-17(24)13-20(14)27-7-9-28(10-8-27)22-21(23(29)30-4)25-18-11-15(2)16(3)12-19(18)26-22/h5-6,11-13H,7-10H2,1-4H3. The van der Waals surface area contributed by atoms with Gasteiger partial charge in [0.25, 0.3) is 0 Å². The van der Waals surface area contributed by atoms with Crippen molar-refractivity contribution in [3.8, 4) is 0 Å². The van der Waals surface area contributed by atoms with Crippen LogP contribution in [0.1, 0.15) is 27.2 Å². The number of fused-ring (bicyclic) bond motifs is 1. The fourth-order valence-electron chi connectivity index (χ4n) is 3.84. The first-order chi connectivity index (χ1) is 14.4. The van der Waals surface area contributed by atoms with Crippen molar-refractivity contribution in [3.63, 3.8) is 0 Å². The predicted molar refractivity (Wildman–Crippen MR) is 121 cm³/mol. The molecule has 0 bridgehead atoms. The maximum Gasteiger partial charge on any atom is 0.360 e. The number of halogens is 1. The van der Waals surface area contributed by atoms with Crippen molar-refractivity contribution < 1.29 is 9.53 Å². The molecule has 1 aliphatic heterocycles. The van der Waals surface area contributed by atoms with Gasteiger partial charge in [-0.3, -0.25) is 0 Å². The number of piperazine rings is 1. The quantitative estimate of drug-likeness (QED) is 0.583. The monoisotopic (exact) mass is 424 g/mol. The van der Waals surface area contributed by atoms with Crippen LogP contribution in [-0.2, 0) is 4.74 Å². The van der Waals surface area contributed by atoms with Gasteiger partial charge in [-0.25, -0.2) is 14.8 Å². The van der Waals surface area contributed by atoms with Gasteiger partial charge in [-0.05, 0) is 61.7 Å². The molecule has 0 radical (unpaired) electrons. The lowest BCUT2D eigenvalue weighted by Gasteiger charge is -2.37. The SMILES string of the molecule is COC(=O)c1nc2cc(C)c(C)cc2nc1N1CCN(c2cc(Cl)ccc2C)CC1. The smallest absolute Gasteiger partial charge is 0.360 e. The van der Waals surface area contributed by atoms with E-state index < -0.39 is 5.97 Å². The highest BCUT2D eigenvalue weighted by Crippen LogP contribution is 2.28. The molecule has 1 aliphatic rings. The van der Waals surface area contributed by atoms with Crippen molar-refractivity contribution in [1.29, 1.82) is 0 Å². The zero-order valence-electron chi connectivity index (χ0n) is 17.7. The van der Waals surface area contributed by atoms with Crippen LogP contribution in [0.2, 0.25) is 5.02 Å². The van der Waals surface area contributed by atoms with E-state index >= 15 is 0 Å². The minimum absolute atomic E-state index is 0.264. The van der Waals surface area contributed by atoms with Crippen molar-refractivity contribution in [2.45, 2.75) is 20.8 Å². The Morgan fingerprint density at radius 2 is 1.50 bits per heavy atom. The number of aryl methyl sites for hydroxylation is 3. The first-order valence-electron chi connectivity index (χ1n) is 10.0. The van der Waals surface area contributed by atoms with Crippen LogP contribution in [0.25, 0.3) is 11.0 Å². The molecule has 4 rings (SSSR count). The van der Waals surface area contributed by atoms with Crippen LogP contribution in [0.3, 0.4) is 0 Å². The van der Waals surface area contributed by atoms with E-state index in [0.717, 1.165) is 53.5 Å². The minimum atomic E-state index is -0.467. The van der Waals surface area contributed by atoms with Gasteiger partial charge in [-0.1, -0.05) is 17.7 Å². The summed E-state index contributed by atoms with van der Waals surface area (Å²) in [6.45, 7) is 9.22. The van der Waals surface area contributed by atoms with Gasteiger partial charge in [0.05, 0.1) is 18.1 Å². The Balaban J connectivity index is 1.66. The van der Waals surface area contributed by atoms with Crippen LogP contribution >= 0.6 is 11.6 Å². The molecule has 2 aromatic carbocycles. The average molecular weight is 425 g/mol. The average Bonchev–Trinajstić information content (AvgIpc) is 2.75. The molecule has 156 valence electrons. The lowest BCUT2D eigenvalue weighted by Crippen LogP contribution is -2.47. The first kappa shape index (κ1) is 20.4. The third-order valence-corrected chi connectivity index (χ3v) is 5.97. The summed E-state index contributed by atoms with van der Waals surface area (Å²) in [5.41, 5.74) is 6.36. The molecule has 30 heavy (non-hydrogen) atoms. The number of nitrogens with zero attached hydrogens (tertiary/aromatic N) is 4. The number of hydrogen-bond donors (Lipinski definition) is 0. The second-order valence-corrected chi connectivity index (χ2v) is 8.15. The highest BCUT2D eigenvalue weighted by atomic mass is 35.5. The number of hydrogen-bond acceptors (Lipinski definition) is 6. The molecule has 3 aromatic rings. The molecule has 0 amide bonds. The van der Waals surface area contributed by atoms with Crippen LogP contribution in [0.5, 0.6) is 0 Å². The highest BCUT2D eigenvalue weighted by molar-refractivity contribution is 6.30. The van der Waals surface area contributed by atoms with Crippen molar-refractivity contribution in [2.24, 2.45) is 0 Å². The number of methoxy groups -OCH3 is 1. The number of esters is 1. The maximum atomic E-state index is 12.5. The van der Waals surface area contributed by atoms with Gasteiger partial charge in [0.1, 0.15) is 0 Å². The number of rotatable bonds is 3. The summed E-state index contributed by atoms with van der Waals surface area (Å²) in [7, 11) is 1.37. The van der Waals surface area contributed by atoms with Crippen molar-refractivity contribution in [1.82, 2.24) is 9.97 Å². The predicted octanol–water partition coefficient (Wildman–Crippen LogP) is 4.32. The molecule has 0 atom stereocenters. The van der Waals surface area contributed by atoms with Crippen molar-refractivity contribution >= 4 is 40.1 Å². The molecule has 2 heterocycles. The number of aromatic nitrogens is 2. The summed E-state index contributed by atoms with van der Waals surface area (Å²) < 4.78 is 5.00. The van der Waals surface area contributed by atoms with E-state index in [9.17, 15) is 4.79 Å². The fraction of sp³-hybridized carbons (Fsp3) is 0.348. The van der Waals surface area contributed by atoms with E-state index in [-0.39, 0.29) is 5.69 Å². The molecule has 1 fully saturated rings. The largest absolute Gasteiger partial charge is 0.464 e. The Labute approximate surface area is 181 Å². The maximum absolute atomic E-state index is 12.5. The molecular formula is C23H25ClN4O2. The molecule has 0 aliphatic carbocycles. The van der Waals surface area contributed by atoms with Crippen LogP contribution in [0.15, 0.2) is 30.3 Å². The zero-order chi connectivity index (χ0) is 21.4. The number of benzene rings is 2. The molecule has 0 spiro atoms. The Morgan fingerprint density at radius 1 is 0.900 bits per heavy atom. The molecule has 1 saturated heterocycles. The van der Waals surface area contributed by atoms with Gasteiger partial charge in [-0.15, -0.1) is 0 Å². The third kappa shape index (κ3) is 3.79. The van der Waals surface area contributed by atoms with E-state index in [2.05, 4.69) is 28.6 Å². The van der Waals surface area contributed by atoms with Gasteiger partial charge in [-0.2, -0.15) is 0 Å². The van der Waals surface area contributed by atoms with Gasteiger partial charge in [0.2, 0.25) is 0 Å². The van der Waals surface area contributed by atoms with Crippen LogP contribution < -0.4 is 9.80 Å². The van der Waals surface area contributed by atoms with Crippen LogP contribution in [0, 0.1) is 20.8 Å². The lowest BCUT2D eigenvalue weighted by atomic mass is 10.1. The van der Waals surface area contributed by atoms with Crippen molar-refractivity contribution in [3.05, 3.63) is 57.7 Å². The van der Waals surface area contributed by atoms with E-state index in [1.807, 2.05) is 37.3 Å². The van der Waals surface area contributed by atoms with Gasteiger partial charge in [0, 0.05) is 36.9 Å². The summed E-state index contributed by atoms with van der Waals surface area (Å²) in [6.07, 6.45) is 0. The van der Waals surface area contributed by atoms with E-state index in [1.165, 1.54) is 12.7 Å². The molecule has 0 saturated carbocycles. The normalized spacial score (nSPS) is 14.3. The molecule has 7 heteroatoms. The Hall–Kier alpha value is -2.86. The second-order valence-electron chi connectivity index (χ2n) is 7.72. The van der Waals surface area contributed by atoms with Gasteiger partial charge in [0.15, 0.2) is 11.5 Å². The van der Waals surface area contributed by atoms with Gasteiger partial charge < -0.3 is 14.5 Å². The Kier molecular flexibility index (Phi) is 5.52. The molecule has 1 aromatic heterocycles. The summed E-state index contributed by atoms with van der Waals surface area (Å²) in [6, 6.07) is 9.95. The number of anilines is 2. The fourth-order valence-corrected chi connectivity index (χ4v) is 4.01. The number of carbonyl (C=O) groups is 1. The lowest BCUT2D eigenvalue weighted by molar-refractivity contribution is 0.0595. The second kappa shape index (κ2) is 8.11. The third-order valence-electron chi connectivity index (χ3n) is 5.73. The van der Waals surface area contributed by atoms with E-state index in [0.29, 0.717) is 11.3 Å². The van der Waals surface area contributed by atoms with E-state index in [4.69, 9.17) is 21.3 Å². The molecule has 6 nitrogen and oxygen atoms in total. The van der Waals surface area contributed by atoms with Gasteiger partial charge >= 0.3 is 5.97 Å². The summed E-state index contributed by atoms with van der Waals surface area (Å²) in [5.74, 6) is 0.116. The van der Waals surface area contributed by atoms with Crippen LogP contribution in [0.4, 0.5) is 11.5 Å². The Bertz CT molecular complexity index is 1120. The minimum Gasteiger partial charge on any atom is -0.464 e. The topological polar surface area (TPSA) is 58.6 Å². The van der Waals surface area contributed by atoms with Crippen LogP contribution in [-0.4, -0.2) is 49.2 Å². The zero-order valence-corrected chi connectivity index (χ0v) is 18.5. The first-order valence-corrected chi connectivity index (χ1v) is 10.4. The molecule has 0 unspecified atom stereocenters. The molecule has 0 N–H and O–H groups in total. The summed E-state index contributed by atoms with van der Waals surface area (Å²) in [4.78, 5) is 26.3. The Morgan fingerprint density at radius 3 is 2.13 bits per heavy atom. The summed E-state index contributed by atoms with van der Waals surface area (Å²) in [5, 5.41) is 0.733.